The maximum atomic E-state index is 4.54. The fourth-order valence-corrected chi connectivity index (χ4v) is 1.65. The normalized spacial score (nSPS) is 17.6. The molecule has 1 N–H and O–H groups in total. The zero-order chi connectivity index (χ0) is 11.8. The lowest BCUT2D eigenvalue weighted by molar-refractivity contribution is 0.607. The molecular weight excluding hydrogens is 198 g/mol. The lowest BCUT2D eigenvalue weighted by Gasteiger charge is -2.12. The van der Waals surface area contributed by atoms with Crippen LogP contribution in [0, 0.1) is 12.3 Å². The molecule has 0 bridgehead atoms. The third-order valence-electron chi connectivity index (χ3n) is 3.24. The van der Waals surface area contributed by atoms with Crippen molar-refractivity contribution >= 4 is 5.95 Å². The first kappa shape index (κ1) is 11.4. The number of rotatable bonds is 4. The molecule has 1 fully saturated rings. The second-order valence-electron chi connectivity index (χ2n) is 5.58. The van der Waals surface area contributed by atoms with Gasteiger partial charge < -0.3 is 5.32 Å². The summed E-state index contributed by atoms with van der Waals surface area (Å²) in [5.74, 6) is 1.25. The molecule has 0 spiro atoms. The summed E-state index contributed by atoms with van der Waals surface area (Å²) in [6, 6.07) is 2.06. The van der Waals surface area contributed by atoms with Crippen LogP contribution in [0.5, 0.6) is 0 Å². The van der Waals surface area contributed by atoms with Crippen molar-refractivity contribution in [2.45, 2.75) is 46.5 Å². The summed E-state index contributed by atoms with van der Waals surface area (Å²) in [4.78, 5) is 8.97. The second-order valence-corrected chi connectivity index (χ2v) is 5.58. The molecule has 0 unspecified atom stereocenters. The lowest BCUT2D eigenvalue weighted by Crippen LogP contribution is -2.14. The third kappa shape index (κ3) is 2.71. The van der Waals surface area contributed by atoms with Gasteiger partial charge in [-0.25, -0.2) is 9.97 Å². The number of aromatic nitrogens is 2. The maximum Gasteiger partial charge on any atom is 0.223 e. The van der Waals surface area contributed by atoms with Gasteiger partial charge in [-0.3, -0.25) is 0 Å². The molecule has 1 aromatic heterocycles. The zero-order valence-corrected chi connectivity index (χ0v) is 10.7. The zero-order valence-electron chi connectivity index (χ0n) is 10.7. The van der Waals surface area contributed by atoms with Crippen molar-refractivity contribution in [2.75, 3.05) is 11.9 Å². The van der Waals surface area contributed by atoms with Crippen LogP contribution in [0.25, 0.3) is 0 Å². The predicted octanol–water partition coefficient (Wildman–Crippen LogP) is 3.12. The molecule has 1 aliphatic rings. The Hall–Kier alpha value is -1.12. The van der Waals surface area contributed by atoms with Gasteiger partial charge in [-0.05, 0) is 37.2 Å². The number of nitrogens with zero attached hydrogens (tertiary/aromatic N) is 2. The minimum Gasteiger partial charge on any atom is -0.354 e. The average molecular weight is 219 g/mol. The van der Waals surface area contributed by atoms with Gasteiger partial charge >= 0.3 is 0 Å². The summed E-state index contributed by atoms with van der Waals surface area (Å²) < 4.78 is 0. The summed E-state index contributed by atoms with van der Waals surface area (Å²) >= 11 is 0. The van der Waals surface area contributed by atoms with E-state index in [9.17, 15) is 0 Å². The van der Waals surface area contributed by atoms with Crippen molar-refractivity contribution in [2.24, 2.45) is 5.41 Å². The fourth-order valence-electron chi connectivity index (χ4n) is 1.65. The van der Waals surface area contributed by atoms with Gasteiger partial charge in [-0.15, -0.1) is 0 Å². The number of anilines is 1. The van der Waals surface area contributed by atoms with Crippen LogP contribution >= 0.6 is 0 Å². The Labute approximate surface area is 97.7 Å². The summed E-state index contributed by atoms with van der Waals surface area (Å²) in [5, 5.41) is 3.36. The van der Waals surface area contributed by atoms with Gasteiger partial charge in [0.05, 0.1) is 0 Å². The van der Waals surface area contributed by atoms with E-state index < -0.39 is 0 Å². The van der Waals surface area contributed by atoms with Crippen molar-refractivity contribution in [1.82, 2.24) is 9.97 Å². The summed E-state index contributed by atoms with van der Waals surface area (Å²) in [6.45, 7) is 9.65. The first-order valence-electron chi connectivity index (χ1n) is 6.08. The van der Waals surface area contributed by atoms with E-state index in [2.05, 4.69) is 42.1 Å². The second kappa shape index (κ2) is 4.04. The van der Waals surface area contributed by atoms with Gasteiger partial charge in [0, 0.05) is 17.9 Å². The smallest absolute Gasteiger partial charge is 0.223 e. The van der Waals surface area contributed by atoms with Gasteiger partial charge in [0.25, 0.3) is 0 Å². The molecule has 3 heteroatoms. The molecule has 0 aromatic carbocycles. The molecule has 88 valence electrons. The largest absolute Gasteiger partial charge is 0.354 e. The first-order valence-corrected chi connectivity index (χ1v) is 6.08. The molecule has 0 amide bonds. The number of hydrogen-bond donors (Lipinski definition) is 1. The minimum atomic E-state index is 0.457. The topological polar surface area (TPSA) is 37.8 Å². The van der Waals surface area contributed by atoms with Gasteiger partial charge in [0.15, 0.2) is 0 Å². The molecule has 2 rings (SSSR count). The molecule has 16 heavy (non-hydrogen) atoms. The van der Waals surface area contributed by atoms with E-state index in [1.807, 2.05) is 6.92 Å². The van der Waals surface area contributed by atoms with Crippen LogP contribution in [0.1, 0.15) is 50.9 Å². The SMILES string of the molecule is Cc1cc(C(C)C)nc(NCC2(C)CC2)n1. The van der Waals surface area contributed by atoms with Crippen LogP contribution in [0.4, 0.5) is 5.95 Å². The molecule has 1 aliphatic carbocycles. The van der Waals surface area contributed by atoms with Crippen LogP contribution in [0.2, 0.25) is 0 Å². The highest BCUT2D eigenvalue weighted by atomic mass is 15.1. The lowest BCUT2D eigenvalue weighted by atomic mass is 10.1. The van der Waals surface area contributed by atoms with E-state index in [1.165, 1.54) is 12.8 Å². The quantitative estimate of drug-likeness (QED) is 0.845. The summed E-state index contributed by atoms with van der Waals surface area (Å²) in [6.07, 6.45) is 2.64. The van der Waals surface area contributed by atoms with E-state index in [1.54, 1.807) is 0 Å². The standard InChI is InChI=1S/C13H21N3/c1-9(2)11-7-10(3)15-12(16-11)14-8-13(4)5-6-13/h7,9H,5-6,8H2,1-4H3,(H,14,15,16). The first-order chi connectivity index (χ1) is 7.48. The predicted molar refractivity (Wildman–Crippen MR) is 66.7 cm³/mol. The maximum absolute atomic E-state index is 4.54. The highest BCUT2D eigenvalue weighted by Crippen LogP contribution is 2.44. The Morgan fingerprint density at radius 1 is 1.38 bits per heavy atom. The Morgan fingerprint density at radius 2 is 2.06 bits per heavy atom. The Morgan fingerprint density at radius 3 is 2.62 bits per heavy atom. The van der Waals surface area contributed by atoms with Gasteiger partial charge in [0.2, 0.25) is 5.95 Å². The van der Waals surface area contributed by atoms with E-state index in [0.717, 1.165) is 23.9 Å². The molecule has 0 atom stereocenters. The minimum absolute atomic E-state index is 0.457. The molecular formula is C13H21N3. The molecule has 3 nitrogen and oxygen atoms in total. The summed E-state index contributed by atoms with van der Waals surface area (Å²) in [5.41, 5.74) is 2.66. The van der Waals surface area contributed by atoms with Gasteiger partial charge in [-0.1, -0.05) is 20.8 Å². The molecule has 0 radical (unpaired) electrons. The molecule has 0 saturated heterocycles. The average Bonchev–Trinajstić information content (AvgIpc) is 2.94. The van der Waals surface area contributed by atoms with Crippen LogP contribution in [-0.2, 0) is 0 Å². The Bertz CT molecular complexity index is 381. The highest BCUT2D eigenvalue weighted by Gasteiger charge is 2.36. The van der Waals surface area contributed by atoms with Crippen LogP contribution in [-0.4, -0.2) is 16.5 Å². The molecule has 1 aromatic rings. The summed E-state index contributed by atoms with van der Waals surface area (Å²) in [7, 11) is 0. The fraction of sp³-hybridized carbons (Fsp3) is 0.692. The third-order valence-corrected chi connectivity index (χ3v) is 3.24. The number of nitrogens with one attached hydrogen (secondary N) is 1. The molecule has 1 heterocycles. The highest BCUT2D eigenvalue weighted by molar-refractivity contribution is 5.30. The van der Waals surface area contributed by atoms with Crippen molar-refractivity contribution < 1.29 is 0 Å². The van der Waals surface area contributed by atoms with Gasteiger partial charge in [-0.2, -0.15) is 0 Å². The van der Waals surface area contributed by atoms with Crippen LogP contribution in [0.15, 0.2) is 6.07 Å². The van der Waals surface area contributed by atoms with Gasteiger partial charge in [0.1, 0.15) is 0 Å². The van der Waals surface area contributed by atoms with E-state index >= 15 is 0 Å². The van der Waals surface area contributed by atoms with Crippen molar-refractivity contribution in [3.63, 3.8) is 0 Å². The monoisotopic (exact) mass is 219 g/mol. The Kier molecular flexibility index (Phi) is 2.87. The Balaban J connectivity index is 2.07. The molecule has 0 aliphatic heterocycles. The number of aryl methyl sites for hydroxylation is 1. The van der Waals surface area contributed by atoms with Crippen molar-refractivity contribution in [3.8, 4) is 0 Å². The van der Waals surface area contributed by atoms with Crippen molar-refractivity contribution in [1.29, 1.82) is 0 Å². The van der Waals surface area contributed by atoms with E-state index in [4.69, 9.17) is 0 Å². The van der Waals surface area contributed by atoms with Crippen molar-refractivity contribution in [3.05, 3.63) is 17.5 Å². The van der Waals surface area contributed by atoms with E-state index in [-0.39, 0.29) is 0 Å². The molecule has 1 saturated carbocycles. The van der Waals surface area contributed by atoms with Crippen LogP contribution in [0.3, 0.4) is 0 Å². The van der Waals surface area contributed by atoms with Crippen LogP contribution < -0.4 is 5.32 Å². The number of hydrogen-bond acceptors (Lipinski definition) is 3. The van der Waals surface area contributed by atoms with E-state index in [0.29, 0.717) is 11.3 Å².